The number of aliphatic carboxylic acids is 1. The van der Waals surface area contributed by atoms with Crippen molar-refractivity contribution in [3.8, 4) is 0 Å². The van der Waals surface area contributed by atoms with E-state index in [1.807, 2.05) is 0 Å². The minimum atomic E-state index is -3.78. The zero-order valence-electron chi connectivity index (χ0n) is 11.5. The Kier molecular flexibility index (Phi) is 5.42. The van der Waals surface area contributed by atoms with Gasteiger partial charge in [-0.15, -0.1) is 11.3 Å². The number of hydrogen-bond acceptors (Lipinski definition) is 4. The van der Waals surface area contributed by atoms with E-state index in [1.165, 1.54) is 18.3 Å². The molecule has 1 aromatic carbocycles. The number of rotatable bonds is 6. The third-order valence-corrected chi connectivity index (χ3v) is 4.34. The van der Waals surface area contributed by atoms with E-state index < -0.39 is 35.8 Å². The van der Waals surface area contributed by atoms with E-state index in [0.29, 0.717) is 4.47 Å². The summed E-state index contributed by atoms with van der Waals surface area (Å²) < 4.78 is 29.1. The average Bonchev–Trinajstić information content (AvgIpc) is 3.00. The van der Waals surface area contributed by atoms with Crippen LogP contribution in [0.4, 0.5) is 8.78 Å². The first kappa shape index (κ1) is 17.5. The van der Waals surface area contributed by atoms with Crippen molar-refractivity contribution in [2.24, 2.45) is 0 Å². The molecule has 1 amide bonds. The molecule has 122 valence electrons. The van der Waals surface area contributed by atoms with Crippen LogP contribution in [0.1, 0.15) is 23.0 Å². The summed E-state index contributed by atoms with van der Waals surface area (Å²) in [6.07, 6.45) is 0.879. The lowest BCUT2D eigenvalue weighted by molar-refractivity contribution is -0.148. The maximum atomic E-state index is 14.2. The molecule has 0 saturated heterocycles. The Morgan fingerprint density at radius 3 is 2.52 bits per heavy atom. The van der Waals surface area contributed by atoms with Crippen LogP contribution in [0.3, 0.4) is 0 Å². The first-order valence-electron chi connectivity index (χ1n) is 6.36. The number of halogens is 3. The molecule has 0 radical (unpaired) electrons. The molecular weight excluding hydrogens is 394 g/mol. The Bertz CT molecular complexity index is 693. The number of carboxylic acids is 1. The monoisotopic (exact) mass is 404 g/mol. The lowest BCUT2D eigenvalue weighted by Gasteiger charge is -2.20. The highest BCUT2D eigenvalue weighted by molar-refractivity contribution is 9.10. The van der Waals surface area contributed by atoms with Gasteiger partial charge in [0.25, 0.3) is 5.91 Å². The molecule has 0 spiro atoms. The highest BCUT2D eigenvalue weighted by Crippen LogP contribution is 2.31. The predicted molar refractivity (Wildman–Crippen MR) is 83.3 cm³/mol. The summed E-state index contributed by atoms with van der Waals surface area (Å²) in [5.41, 5.74) is -0.480. The quantitative estimate of drug-likeness (QED) is 0.773. The molecule has 0 saturated carbocycles. The largest absolute Gasteiger partial charge is 0.481 e. The molecule has 0 aliphatic carbocycles. The van der Waals surface area contributed by atoms with Gasteiger partial charge in [-0.05, 0) is 12.1 Å². The molecule has 23 heavy (non-hydrogen) atoms. The normalized spacial score (nSPS) is 12.7. The summed E-state index contributed by atoms with van der Waals surface area (Å²) in [4.78, 5) is 26.7. The summed E-state index contributed by atoms with van der Waals surface area (Å²) in [7, 11) is 0. The fourth-order valence-corrected chi connectivity index (χ4v) is 2.77. The minimum Gasteiger partial charge on any atom is -0.481 e. The molecule has 0 bridgehead atoms. The van der Waals surface area contributed by atoms with Crippen molar-refractivity contribution in [2.45, 2.75) is 18.4 Å². The first-order chi connectivity index (χ1) is 10.8. The summed E-state index contributed by atoms with van der Waals surface area (Å²) >= 11 is 4.21. The SMILES string of the molecule is O=C(O)CC(NC(=O)C(F)(F)c1ccc(Br)cc1)c1nccs1. The van der Waals surface area contributed by atoms with Gasteiger partial charge in [0.2, 0.25) is 0 Å². The van der Waals surface area contributed by atoms with Gasteiger partial charge in [0, 0.05) is 21.6 Å². The molecular formula is C14H11BrF2N2O3S. The maximum absolute atomic E-state index is 14.2. The molecule has 1 heterocycles. The molecule has 2 N–H and O–H groups in total. The van der Waals surface area contributed by atoms with Crippen LogP contribution in [0.25, 0.3) is 0 Å². The van der Waals surface area contributed by atoms with E-state index in [0.717, 1.165) is 23.5 Å². The topological polar surface area (TPSA) is 79.3 Å². The van der Waals surface area contributed by atoms with Crippen molar-refractivity contribution >= 4 is 39.1 Å². The number of amides is 1. The van der Waals surface area contributed by atoms with Gasteiger partial charge < -0.3 is 10.4 Å². The molecule has 1 atom stereocenters. The summed E-state index contributed by atoms with van der Waals surface area (Å²) in [5.74, 6) is -6.58. The van der Waals surface area contributed by atoms with Crippen molar-refractivity contribution in [3.63, 3.8) is 0 Å². The van der Waals surface area contributed by atoms with Gasteiger partial charge in [-0.3, -0.25) is 9.59 Å². The number of benzene rings is 1. The fourth-order valence-electron chi connectivity index (χ4n) is 1.82. The second kappa shape index (κ2) is 7.14. The lowest BCUT2D eigenvalue weighted by Crippen LogP contribution is -2.40. The van der Waals surface area contributed by atoms with Crippen molar-refractivity contribution in [1.29, 1.82) is 0 Å². The van der Waals surface area contributed by atoms with Gasteiger partial charge in [0.05, 0.1) is 12.5 Å². The molecule has 2 rings (SSSR count). The zero-order valence-corrected chi connectivity index (χ0v) is 13.9. The third kappa shape index (κ3) is 4.32. The second-order valence-electron chi connectivity index (χ2n) is 4.58. The molecule has 0 fully saturated rings. The fraction of sp³-hybridized carbons (Fsp3) is 0.214. The van der Waals surface area contributed by atoms with Crippen LogP contribution in [0, 0.1) is 0 Å². The van der Waals surface area contributed by atoms with Crippen LogP contribution in [0.15, 0.2) is 40.3 Å². The molecule has 0 aliphatic rings. The number of alkyl halides is 2. The van der Waals surface area contributed by atoms with Crippen LogP contribution in [0.2, 0.25) is 0 Å². The van der Waals surface area contributed by atoms with Crippen molar-refractivity contribution in [3.05, 3.63) is 50.9 Å². The van der Waals surface area contributed by atoms with E-state index in [4.69, 9.17) is 5.11 Å². The van der Waals surface area contributed by atoms with Gasteiger partial charge in [0.15, 0.2) is 0 Å². The van der Waals surface area contributed by atoms with Gasteiger partial charge in [0.1, 0.15) is 5.01 Å². The van der Waals surface area contributed by atoms with Crippen molar-refractivity contribution in [1.82, 2.24) is 10.3 Å². The Labute approximate surface area is 142 Å². The van der Waals surface area contributed by atoms with Crippen molar-refractivity contribution in [2.75, 3.05) is 0 Å². The predicted octanol–water partition coefficient (Wildman–Crippen LogP) is 3.33. The van der Waals surface area contributed by atoms with Gasteiger partial charge >= 0.3 is 11.9 Å². The Morgan fingerprint density at radius 2 is 2.00 bits per heavy atom. The smallest absolute Gasteiger partial charge is 0.349 e. The summed E-state index contributed by atoms with van der Waals surface area (Å²) in [6, 6.07) is 3.93. The van der Waals surface area contributed by atoms with Crippen LogP contribution in [-0.4, -0.2) is 22.0 Å². The van der Waals surface area contributed by atoms with Gasteiger partial charge in [-0.1, -0.05) is 28.1 Å². The van der Waals surface area contributed by atoms with E-state index in [-0.39, 0.29) is 5.01 Å². The second-order valence-corrected chi connectivity index (χ2v) is 6.42. The van der Waals surface area contributed by atoms with Crippen molar-refractivity contribution < 1.29 is 23.5 Å². The third-order valence-electron chi connectivity index (χ3n) is 2.93. The highest BCUT2D eigenvalue weighted by Gasteiger charge is 2.42. The zero-order chi connectivity index (χ0) is 17.0. The molecule has 0 aliphatic heterocycles. The van der Waals surface area contributed by atoms with Crippen LogP contribution < -0.4 is 5.32 Å². The molecule has 1 aromatic heterocycles. The van der Waals surface area contributed by atoms with E-state index in [9.17, 15) is 18.4 Å². The van der Waals surface area contributed by atoms with E-state index in [1.54, 1.807) is 5.38 Å². The Morgan fingerprint density at radius 1 is 1.35 bits per heavy atom. The number of nitrogens with one attached hydrogen (secondary N) is 1. The Balaban J connectivity index is 2.20. The van der Waals surface area contributed by atoms with Gasteiger partial charge in [-0.25, -0.2) is 4.98 Å². The van der Waals surface area contributed by atoms with E-state index in [2.05, 4.69) is 26.2 Å². The number of aromatic nitrogens is 1. The first-order valence-corrected chi connectivity index (χ1v) is 8.04. The summed E-state index contributed by atoms with van der Waals surface area (Å²) in [6.45, 7) is 0. The number of carbonyl (C=O) groups excluding carboxylic acids is 1. The average molecular weight is 405 g/mol. The number of hydrogen-bond donors (Lipinski definition) is 2. The highest BCUT2D eigenvalue weighted by atomic mass is 79.9. The van der Waals surface area contributed by atoms with Crippen LogP contribution in [-0.2, 0) is 15.5 Å². The number of carboxylic acid groups (broad SMARTS) is 1. The maximum Gasteiger partial charge on any atom is 0.349 e. The Hall–Kier alpha value is -1.87. The van der Waals surface area contributed by atoms with Crippen LogP contribution >= 0.6 is 27.3 Å². The molecule has 9 heteroatoms. The number of carbonyl (C=O) groups is 2. The molecule has 5 nitrogen and oxygen atoms in total. The molecule has 1 unspecified atom stereocenters. The van der Waals surface area contributed by atoms with Gasteiger partial charge in [-0.2, -0.15) is 8.78 Å². The summed E-state index contributed by atoms with van der Waals surface area (Å²) in [5, 5.41) is 12.8. The number of thiazole rings is 1. The number of nitrogens with zero attached hydrogens (tertiary/aromatic N) is 1. The molecule has 2 aromatic rings. The van der Waals surface area contributed by atoms with E-state index >= 15 is 0 Å². The van der Waals surface area contributed by atoms with Crippen LogP contribution in [0.5, 0.6) is 0 Å². The lowest BCUT2D eigenvalue weighted by atomic mass is 10.1. The standard InChI is InChI=1S/C14H11BrF2N2O3S/c15-9-3-1-8(2-4-9)14(16,17)13(22)19-10(7-11(20)21)12-18-5-6-23-12/h1-6,10H,7H2,(H,19,22)(H,20,21). The minimum absolute atomic E-state index is 0.257.